The molecule has 0 spiro atoms. The van der Waals surface area contributed by atoms with Crippen LogP contribution in [-0.2, 0) is 4.79 Å². The van der Waals surface area contributed by atoms with Crippen LogP contribution in [0.25, 0.3) is 0 Å². The van der Waals surface area contributed by atoms with Gasteiger partial charge in [0.15, 0.2) is 0 Å². The molecule has 0 aromatic rings. The molecule has 0 amide bonds. The number of ketones is 1. The van der Waals surface area contributed by atoms with E-state index in [2.05, 4.69) is 36.7 Å². The number of alkyl halides is 1. The van der Waals surface area contributed by atoms with Gasteiger partial charge in [0.1, 0.15) is 5.78 Å². The molecule has 0 aliphatic heterocycles. The number of Topliss-reactive ketones (excluding diaryl/α,β-unsaturated/α-hetero) is 1. The first-order valence-corrected chi connectivity index (χ1v) is 5.63. The minimum atomic E-state index is 0.110. The Morgan fingerprint density at radius 2 is 2.00 bits per heavy atom. The van der Waals surface area contributed by atoms with Crippen molar-refractivity contribution < 1.29 is 4.79 Å². The van der Waals surface area contributed by atoms with Crippen LogP contribution < -0.4 is 0 Å². The van der Waals surface area contributed by atoms with Crippen molar-refractivity contribution in [3.8, 4) is 0 Å². The summed E-state index contributed by atoms with van der Waals surface area (Å²) in [6, 6.07) is 0. The van der Waals surface area contributed by atoms with Gasteiger partial charge in [0.2, 0.25) is 0 Å². The number of carbonyl (C=O) groups is 1. The summed E-state index contributed by atoms with van der Waals surface area (Å²) in [4.78, 5) is 11.8. The van der Waals surface area contributed by atoms with E-state index in [1.807, 2.05) is 0 Å². The predicted molar refractivity (Wildman–Crippen MR) is 54.4 cm³/mol. The summed E-state index contributed by atoms with van der Waals surface area (Å²) in [5.41, 5.74) is 0. The van der Waals surface area contributed by atoms with Crippen LogP contribution in [0.4, 0.5) is 0 Å². The van der Waals surface area contributed by atoms with Crippen molar-refractivity contribution in [2.45, 2.75) is 38.4 Å². The monoisotopic (exact) mass is 232 g/mol. The summed E-state index contributed by atoms with van der Waals surface area (Å²) >= 11 is 3.48. The molecule has 0 bridgehead atoms. The molecule has 1 aliphatic rings. The van der Waals surface area contributed by atoms with Gasteiger partial charge >= 0.3 is 0 Å². The van der Waals surface area contributed by atoms with Crippen molar-refractivity contribution in [1.29, 1.82) is 0 Å². The molecule has 1 aliphatic carbocycles. The largest absolute Gasteiger partial charge is 0.298 e. The Hall–Kier alpha value is 0.150. The summed E-state index contributed by atoms with van der Waals surface area (Å²) < 4.78 is 0. The van der Waals surface area contributed by atoms with Crippen molar-refractivity contribution in [2.75, 3.05) is 0 Å². The number of hydrogen-bond donors (Lipinski definition) is 0. The minimum absolute atomic E-state index is 0.110. The fourth-order valence-electron chi connectivity index (χ4n) is 1.88. The zero-order valence-corrected chi connectivity index (χ0v) is 9.60. The van der Waals surface area contributed by atoms with Crippen LogP contribution in [0, 0.1) is 17.8 Å². The minimum Gasteiger partial charge on any atom is -0.298 e. The van der Waals surface area contributed by atoms with Gasteiger partial charge in [-0.2, -0.15) is 0 Å². The van der Waals surface area contributed by atoms with Gasteiger partial charge in [-0.15, -0.1) is 0 Å². The van der Waals surface area contributed by atoms with Gasteiger partial charge in [0.25, 0.3) is 0 Å². The van der Waals surface area contributed by atoms with E-state index in [1.54, 1.807) is 0 Å². The zero-order valence-electron chi connectivity index (χ0n) is 8.01. The molecule has 70 valence electrons. The van der Waals surface area contributed by atoms with E-state index in [0.29, 0.717) is 23.5 Å². The van der Waals surface area contributed by atoms with Crippen LogP contribution in [0.5, 0.6) is 0 Å². The smallest absolute Gasteiger partial charge is 0.150 e. The summed E-state index contributed by atoms with van der Waals surface area (Å²) in [6.07, 6.45) is 2.27. The maximum absolute atomic E-state index is 11.7. The highest BCUT2D eigenvalue weighted by Crippen LogP contribution is 2.34. The van der Waals surface area contributed by atoms with Gasteiger partial charge in [0.05, 0.1) is 4.83 Å². The lowest BCUT2D eigenvalue weighted by atomic mass is 9.76. The Balaban J connectivity index is 2.65. The molecule has 0 N–H and O–H groups in total. The Morgan fingerprint density at radius 3 is 2.50 bits per heavy atom. The molecular weight excluding hydrogens is 216 g/mol. The Bertz CT molecular complexity index is 177. The normalized spacial score (nSPS) is 37.4. The number of carbonyl (C=O) groups excluding carboxylic acids is 1. The van der Waals surface area contributed by atoms with Gasteiger partial charge in [-0.25, -0.2) is 0 Å². The van der Waals surface area contributed by atoms with Crippen LogP contribution in [0.1, 0.15) is 33.6 Å². The first-order chi connectivity index (χ1) is 5.54. The van der Waals surface area contributed by atoms with E-state index >= 15 is 0 Å². The molecule has 12 heavy (non-hydrogen) atoms. The van der Waals surface area contributed by atoms with Crippen molar-refractivity contribution in [3.05, 3.63) is 0 Å². The molecule has 0 aromatic heterocycles. The molecule has 2 heteroatoms. The lowest BCUT2D eigenvalue weighted by Gasteiger charge is -2.31. The third-order valence-electron chi connectivity index (χ3n) is 2.87. The fourth-order valence-corrected chi connectivity index (χ4v) is 2.48. The molecule has 1 saturated carbocycles. The molecule has 1 unspecified atom stereocenters. The first-order valence-electron chi connectivity index (χ1n) is 4.71. The van der Waals surface area contributed by atoms with Crippen molar-refractivity contribution in [1.82, 2.24) is 0 Å². The van der Waals surface area contributed by atoms with Crippen LogP contribution in [0.3, 0.4) is 0 Å². The maximum Gasteiger partial charge on any atom is 0.150 e. The second-order valence-corrected chi connectivity index (χ2v) is 5.20. The van der Waals surface area contributed by atoms with Crippen molar-refractivity contribution >= 4 is 21.7 Å². The summed E-state index contributed by atoms with van der Waals surface area (Å²) in [6.45, 7) is 6.42. The van der Waals surface area contributed by atoms with E-state index in [4.69, 9.17) is 0 Å². The van der Waals surface area contributed by atoms with Gasteiger partial charge in [-0.3, -0.25) is 4.79 Å². The summed E-state index contributed by atoms with van der Waals surface area (Å²) in [5.74, 6) is 1.74. The molecule has 0 saturated heterocycles. The molecule has 1 fully saturated rings. The predicted octanol–water partition coefficient (Wildman–Crippen LogP) is 3.02. The average Bonchev–Trinajstić information content (AvgIpc) is 2.00. The highest BCUT2D eigenvalue weighted by Gasteiger charge is 2.35. The van der Waals surface area contributed by atoms with Crippen LogP contribution >= 0.6 is 15.9 Å². The Kier molecular flexibility index (Phi) is 3.33. The molecule has 3 atom stereocenters. The summed E-state index contributed by atoms with van der Waals surface area (Å²) in [7, 11) is 0. The van der Waals surface area contributed by atoms with E-state index in [-0.39, 0.29) is 4.83 Å². The third-order valence-corrected chi connectivity index (χ3v) is 4.23. The van der Waals surface area contributed by atoms with Crippen molar-refractivity contribution in [3.63, 3.8) is 0 Å². The van der Waals surface area contributed by atoms with Crippen LogP contribution in [0.2, 0.25) is 0 Å². The number of halogens is 1. The zero-order chi connectivity index (χ0) is 9.30. The SMILES string of the molecule is CC(C)[C@@H]1CC[C@@H](C)C(Br)C1=O. The molecule has 0 aromatic carbocycles. The molecule has 1 nitrogen and oxygen atoms in total. The van der Waals surface area contributed by atoms with E-state index in [9.17, 15) is 4.79 Å². The van der Waals surface area contributed by atoms with Gasteiger partial charge in [0, 0.05) is 5.92 Å². The fraction of sp³-hybridized carbons (Fsp3) is 0.900. The maximum atomic E-state index is 11.7. The van der Waals surface area contributed by atoms with Gasteiger partial charge < -0.3 is 0 Å². The lowest BCUT2D eigenvalue weighted by molar-refractivity contribution is -0.126. The average molecular weight is 233 g/mol. The lowest BCUT2D eigenvalue weighted by Crippen LogP contribution is -2.36. The molecular formula is C10H17BrO. The highest BCUT2D eigenvalue weighted by atomic mass is 79.9. The topological polar surface area (TPSA) is 17.1 Å². The second-order valence-electron chi connectivity index (χ2n) is 4.21. The van der Waals surface area contributed by atoms with Gasteiger partial charge in [-0.1, -0.05) is 36.7 Å². The third kappa shape index (κ3) is 1.90. The second kappa shape index (κ2) is 3.91. The number of rotatable bonds is 1. The van der Waals surface area contributed by atoms with E-state index < -0.39 is 0 Å². The van der Waals surface area contributed by atoms with Crippen LogP contribution in [0.15, 0.2) is 0 Å². The van der Waals surface area contributed by atoms with E-state index in [0.717, 1.165) is 6.42 Å². The quantitative estimate of drug-likeness (QED) is 0.636. The number of hydrogen-bond acceptors (Lipinski definition) is 1. The highest BCUT2D eigenvalue weighted by molar-refractivity contribution is 9.10. The first kappa shape index (κ1) is 10.2. The van der Waals surface area contributed by atoms with E-state index in [1.165, 1.54) is 6.42 Å². The summed E-state index contributed by atoms with van der Waals surface area (Å²) in [5, 5.41) is 0. The molecule has 1 rings (SSSR count). The Morgan fingerprint density at radius 1 is 1.42 bits per heavy atom. The van der Waals surface area contributed by atoms with Gasteiger partial charge in [-0.05, 0) is 24.7 Å². The van der Waals surface area contributed by atoms with Crippen molar-refractivity contribution in [2.24, 2.45) is 17.8 Å². The standard InChI is InChI=1S/C10H17BrO/c1-6(2)8-5-4-7(3)9(11)10(8)12/h6-9H,4-5H2,1-3H3/t7-,8+,9?/m1/s1. The Labute approximate surface area is 83.0 Å². The molecule has 0 heterocycles. The molecule has 0 radical (unpaired) electrons. The van der Waals surface area contributed by atoms with Crippen LogP contribution in [-0.4, -0.2) is 10.6 Å².